The molecule has 0 heterocycles. The minimum absolute atomic E-state index is 0.0402. The number of aliphatic carboxylic acids is 1. The minimum Gasteiger partial charge on any atom is -0.480 e. The molecule has 0 rings (SSSR count). The lowest BCUT2D eigenvalue weighted by atomic mass is 9.88. The molecule has 0 aromatic heterocycles. The van der Waals surface area contributed by atoms with Crippen LogP contribution in [0.4, 0.5) is 0 Å². The first kappa shape index (κ1) is 41.0. The van der Waals surface area contributed by atoms with Gasteiger partial charge in [-0.25, -0.2) is 0 Å². The molecule has 0 aliphatic carbocycles. The van der Waals surface area contributed by atoms with Gasteiger partial charge in [-0.2, -0.15) is 0 Å². The number of carbonyl (C=O) groups excluding carboxylic acids is 1. The summed E-state index contributed by atoms with van der Waals surface area (Å²) in [5.74, 6) is -0.868. The zero-order chi connectivity index (χ0) is 30.2. The number of carboxylic acids is 1. The fourth-order valence-corrected chi connectivity index (χ4v) is 4.84. The molecular formula is C34H70N2O4. The Morgan fingerprint density at radius 2 is 0.975 bits per heavy atom. The highest BCUT2D eigenvalue weighted by Crippen LogP contribution is 2.21. The summed E-state index contributed by atoms with van der Waals surface area (Å²) in [6, 6.07) is 0. The maximum Gasteiger partial charge on any atom is 0.323 e. The Labute approximate surface area is 249 Å². The van der Waals surface area contributed by atoms with Crippen LogP contribution in [0.3, 0.4) is 0 Å². The van der Waals surface area contributed by atoms with Crippen LogP contribution in [0.2, 0.25) is 0 Å². The van der Waals surface area contributed by atoms with Gasteiger partial charge in [0.1, 0.15) is 5.54 Å². The Hall–Kier alpha value is -1.14. The van der Waals surface area contributed by atoms with Gasteiger partial charge in [-0.3, -0.25) is 9.59 Å². The highest BCUT2D eigenvalue weighted by atomic mass is 16.5. The molecule has 0 fully saturated rings. The largest absolute Gasteiger partial charge is 0.480 e. The van der Waals surface area contributed by atoms with Crippen LogP contribution in [0.1, 0.15) is 188 Å². The monoisotopic (exact) mass is 571 g/mol. The molecule has 1 atom stereocenters. The molecule has 0 radical (unpaired) electrons. The van der Waals surface area contributed by atoms with E-state index >= 15 is 0 Å². The molecule has 0 aromatic rings. The summed E-state index contributed by atoms with van der Waals surface area (Å²) >= 11 is 0. The van der Waals surface area contributed by atoms with E-state index in [0.29, 0.717) is 32.4 Å². The van der Waals surface area contributed by atoms with Gasteiger partial charge in [0.25, 0.3) is 0 Å². The summed E-state index contributed by atoms with van der Waals surface area (Å²) < 4.78 is 5.21. The van der Waals surface area contributed by atoms with Gasteiger partial charge in [-0.15, -0.1) is 0 Å². The van der Waals surface area contributed by atoms with E-state index < -0.39 is 11.5 Å². The number of nitrogens with two attached hydrogens (primary N) is 2. The van der Waals surface area contributed by atoms with Crippen molar-refractivity contribution in [3.8, 4) is 0 Å². The van der Waals surface area contributed by atoms with Gasteiger partial charge in [0.15, 0.2) is 0 Å². The second-order valence-electron chi connectivity index (χ2n) is 11.8. The zero-order valence-corrected chi connectivity index (χ0v) is 27.1. The molecular weight excluding hydrogens is 500 g/mol. The van der Waals surface area contributed by atoms with Crippen LogP contribution in [0.15, 0.2) is 0 Å². The van der Waals surface area contributed by atoms with Gasteiger partial charge < -0.3 is 21.3 Å². The van der Waals surface area contributed by atoms with E-state index in [4.69, 9.17) is 16.2 Å². The highest BCUT2D eigenvalue weighted by Gasteiger charge is 2.32. The lowest BCUT2D eigenvalue weighted by molar-refractivity contribution is -0.144. The maximum absolute atomic E-state index is 11.4. The van der Waals surface area contributed by atoms with E-state index in [-0.39, 0.29) is 5.97 Å². The van der Waals surface area contributed by atoms with Crippen LogP contribution >= 0.6 is 0 Å². The molecule has 0 aliphatic heterocycles. The van der Waals surface area contributed by atoms with Gasteiger partial charge in [-0.05, 0) is 38.6 Å². The van der Waals surface area contributed by atoms with Crippen molar-refractivity contribution in [2.75, 3.05) is 13.2 Å². The molecule has 240 valence electrons. The number of ether oxygens (including phenoxy) is 1. The lowest BCUT2D eigenvalue weighted by Gasteiger charge is -2.24. The van der Waals surface area contributed by atoms with Crippen molar-refractivity contribution in [2.45, 2.75) is 193 Å². The number of esters is 1. The van der Waals surface area contributed by atoms with Crippen LogP contribution < -0.4 is 11.5 Å². The first-order chi connectivity index (χ1) is 19.4. The van der Waals surface area contributed by atoms with E-state index in [2.05, 4.69) is 20.8 Å². The van der Waals surface area contributed by atoms with E-state index in [9.17, 15) is 14.7 Å². The van der Waals surface area contributed by atoms with E-state index in [1.807, 2.05) is 0 Å². The second kappa shape index (κ2) is 32.4. The zero-order valence-electron chi connectivity index (χ0n) is 27.1. The first-order valence-corrected chi connectivity index (χ1v) is 17.3. The van der Waals surface area contributed by atoms with Crippen LogP contribution in [0, 0.1) is 0 Å². The van der Waals surface area contributed by atoms with Crippen molar-refractivity contribution in [1.29, 1.82) is 0 Å². The van der Waals surface area contributed by atoms with E-state index in [1.54, 1.807) is 0 Å². The molecule has 0 aromatic carbocycles. The Morgan fingerprint density at radius 3 is 1.43 bits per heavy atom. The van der Waals surface area contributed by atoms with Crippen LogP contribution in [0.25, 0.3) is 0 Å². The summed E-state index contributed by atoms with van der Waals surface area (Å²) in [4.78, 5) is 22.7. The summed E-state index contributed by atoms with van der Waals surface area (Å²) in [6.45, 7) is 7.87. The number of hydrogen-bond acceptors (Lipinski definition) is 5. The van der Waals surface area contributed by atoms with Crippen LogP contribution in [-0.4, -0.2) is 35.7 Å². The molecule has 0 spiro atoms. The predicted octanol–water partition coefficient (Wildman–Crippen LogP) is 9.46. The van der Waals surface area contributed by atoms with Crippen molar-refractivity contribution < 1.29 is 19.4 Å². The number of carboxylic acid groups (broad SMARTS) is 1. The van der Waals surface area contributed by atoms with Crippen molar-refractivity contribution in [2.24, 2.45) is 11.5 Å². The van der Waals surface area contributed by atoms with Crippen LogP contribution in [-0.2, 0) is 14.3 Å². The average Bonchev–Trinajstić information content (AvgIpc) is 2.94. The number of rotatable bonds is 29. The first-order valence-electron chi connectivity index (χ1n) is 17.3. The summed E-state index contributed by atoms with van der Waals surface area (Å²) in [7, 11) is 0. The summed E-state index contributed by atoms with van der Waals surface area (Å²) in [5, 5.41) is 9.26. The lowest BCUT2D eigenvalue weighted by Crippen LogP contribution is -2.47. The number of hydrogen-bond donors (Lipinski definition) is 3. The van der Waals surface area contributed by atoms with Crippen molar-refractivity contribution in [3.05, 3.63) is 0 Å². The Kier molecular flexibility index (Phi) is 33.2. The van der Waals surface area contributed by atoms with E-state index in [1.165, 1.54) is 96.3 Å². The molecule has 0 aliphatic rings. The van der Waals surface area contributed by atoms with Crippen LogP contribution in [0.5, 0.6) is 0 Å². The fourth-order valence-electron chi connectivity index (χ4n) is 4.84. The third kappa shape index (κ3) is 29.8. The van der Waals surface area contributed by atoms with Gasteiger partial charge in [0, 0.05) is 6.42 Å². The molecule has 1 unspecified atom stereocenters. The molecule has 0 amide bonds. The fraction of sp³-hybridized carbons (Fsp3) is 0.941. The topological polar surface area (TPSA) is 116 Å². The third-order valence-electron chi connectivity index (χ3n) is 7.72. The molecule has 0 saturated carbocycles. The smallest absolute Gasteiger partial charge is 0.323 e. The predicted molar refractivity (Wildman–Crippen MR) is 172 cm³/mol. The number of unbranched alkanes of at least 4 members (excludes halogenated alkanes) is 19. The van der Waals surface area contributed by atoms with Crippen molar-refractivity contribution >= 4 is 11.9 Å². The molecule has 6 heteroatoms. The average molecular weight is 571 g/mol. The summed E-state index contributed by atoms with van der Waals surface area (Å²) in [6.07, 6.45) is 29.5. The van der Waals surface area contributed by atoms with E-state index in [0.717, 1.165) is 51.4 Å². The van der Waals surface area contributed by atoms with Gasteiger partial charge in [0.2, 0.25) is 0 Å². The Bertz CT molecular complexity index is 544. The normalized spacial score (nSPS) is 12.4. The Morgan fingerprint density at radius 1 is 0.575 bits per heavy atom. The van der Waals surface area contributed by atoms with Gasteiger partial charge >= 0.3 is 11.9 Å². The minimum atomic E-state index is -0.989. The quantitative estimate of drug-likeness (QED) is 0.0609. The SMILES string of the molecule is CCCCCCCCCCCC(N)(CCCC)C(=O)O.CCCCCCCCCCCOC(=O)CCCCCN. The van der Waals surface area contributed by atoms with Gasteiger partial charge in [-0.1, -0.05) is 149 Å². The highest BCUT2D eigenvalue weighted by molar-refractivity contribution is 5.78. The van der Waals surface area contributed by atoms with Crippen molar-refractivity contribution in [1.82, 2.24) is 0 Å². The summed E-state index contributed by atoms with van der Waals surface area (Å²) in [5.41, 5.74) is 10.4. The van der Waals surface area contributed by atoms with Crippen molar-refractivity contribution in [3.63, 3.8) is 0 Å². The Balaban J connectivity index is 0. The third-order valence-corrected chi connectivity index (χ3v) is 7.72. The number of carbonyl (C=O) groups is 2. The molecule has 5 N–H and O–H groups in total. The molecule has 0 bridgehead atoms. The molecule has 0 saturated heterocycles. The van der Waals surface area contributed by atoms with Gasteiger partial charge in [0.05, 0.1) is 6.61 Å². The molecule has 6 nitrogen and oxygen atoms in total. The molecule has 40 heavy (non-hydrogen) atoms. The maximum atomic E-state index is 11.4. The standard InChI is InChI=1S/2C17H35NO2/c1-3-5-7-8-9-10-11-12-13-15-17(18,16(19)20)14-6-4-2;1-2-3-4-5-6-7-8-9-13-16-20-17(19)14-11-10-12-15-18/h3-15,18H2,1-2H3,(H,19,20);2-16,18H2,1H3. The second-order valence-corrected chi connectivity index (χ2v) is 11.8.